The number of likely N-dealkylation sites (tertiary alicyclic amines) is 1. The van der Waals surface area contributed by atoms with Crippen molar-refractivity contribution >= 4 is 5.91 Å². The van der Waals surface area contributed by atoms with Crippen LogP contribution in [-0.2, 0) is 17.5 Å². The van der Waals surface area contributed by atoms with Gasteiger partial charge in [-0.15, -0.1) is 0 Å². The number of piperidine rings is 1. The molecule has 144 valence electrons. The Balaban J connectivity index is 1.92. The highest BCUT2D eigenvalue weighted by atomic mass is 19.4. The number of hydrogen-bond acceptors (Lipinski definition) is 3. The molecule has 2 N–H and O–H groups in total. The molecular formula is C19H26F3N3O. The third-order valence-electron chi connectivity index (χ3n) is 5.47. The molecule has 7 heteroatoms. The summed E-state index contributed by atoms with van der Waals surface area (Å²) in [6.07, 6.45) is -1.26. The molecule has 3 rings (SSSR count). The highest BCUT2D eigenvalue weighted by Gasteiger charge is 2.40. The van der Waals surface area contributed by atoms with E-state index in [9.17, 15) is 18.0 Å². The number of rotatable bonds is 4. The Kier molecular flexibility index (Phi) is 5.87. The van der Waals surface area contributed by atoms with Crippen LogP contribution in [-0.4, -0.2) is 44.0 Å². The van der Waals surface area contributed by atoms with Crippen LogP contribution >= 0.6 is 0 Å². The lowest BCUT2D eigenvalue weighted by Crippen LogP contribution is -2.41. The third kappa shape index (κ3) is 3.88. The van der Waals surface area contributed by atoms with Gasteiger partial charge < -0.3 is 15.5 Å². The van der Waals surface area contributed by atoms with Crippen molar-refractivity contribution in [2.24, 2.45) is 5.92 Å². The minimum Gasteiger partial charge on any atom is -0.342 e. The van der Waals surface area contributed by atoms with E-state index in [4.69, 9.17) is 0 Å². The number of alkyl halides is 3. The molecule has 0 aromatic heterocycles. The van der Waals surface area contributed by atoms with E-state index in [0.717, 1.165) is 38.4 Å². The van der Waals surface area contributed by atoms with E-state index < -0.39 is 11.7 Å². The van der Waals surface area contributed by atoms with Gasteiger partial charge in [-0.05, 0) is 43.5 Å². The zero-order valence-electron chi connectivity index (χ0n) is 15.0. The van der Waals surface area contributed by atoms with Crippen molar-refractivity contribution in [2.45, 2.75) is 37.9 Å². The van der Waals surface area contributed by atoms with Crippen molar-refractivity contribution in [3.8, 4) is 0 Å². The second-order valence-electron chi connectivity index (χ2n) is 7.16. The number of carbonyl (C=O) groups excluding carboxylic acids is 1. The molecule has 0 radical (unpaired) electrons. The van der Waals surface area contributed by atoms with Crippen LogP contribution in [0.2, 0.25) is 0 Å². The predicted molar refractivity (Wildman–Crippen MR) is 93.7 cm³/mol. The van der Waals surface area contributed by atoms with Crippen molar-refractivity contribution in [3.05, 3.63) is 34.9 Å². The Morgan fingerprint density at radius 3 is 2.62 bits per heavy atom. The lowest BCUT2D eigenvalue weighted by molar-refractivity contribution is -0.138. The molecule has 2 saturated heterocycles. The maximum atomic E-state index is 13.5. The van der Waals surface area contributed by atoms with Crippen LogP contribution in [0.25, 0.3) is 0 Å². The molecule has 4 nitrogen and oxygen atoms in total. The Bertz CT molecular complexity index is 641. The number of benzene rings is 1. The summed E-state index contributed by atoms with van der Waals surface area (Å²) in [5, 5.41) is 6.07. The Morgan fingerprint density at radius 1 is 1.23 bits per heavy atom. The molecule has 0 bridgehead atoms. The molecule has 26 heavy (non-hydrogen) atoms. The smallest absolute Gasteiger partial charge is 0.342 e. The second-order valence-corrected chi connectivity index (χ2v) is 7.16. The van der Waals surface area contributed by atoms with Crippen molar-refractivity contribution in [3.63, 3.8) is 0 Å². The lowest BCUT2D eigenvalue weighted by atomic mass is 9.83. The van der Waals surface area contributed by atoms with Crippen LogP contribution in [0.5, 0.6) is 0 Å². The summed E-state index contributed by atoms with van der Waals surface area (Å²) < 4.78 is 40.4. The Morgan fingerprint density at radius 2 is 1.96 bits per heavy atom. The molecule has 2 heterocycles. The van der Waals surface area contributed by atoms with E-state index in [1.54, 1.807) is 13.1 Å². The molecule has 0 aliphatic carbocycles. The van der Waals surface area contributed by atoms with E-state index in [0.29, 0.717) is 18.7 Å². The van der Waals surface area contributed by atoms with Crippen LogP contribution in [0, 0.1) is 5.92 Å². The maximum Gasteiger partial charge on any atom is 0.416 e. The van der Waals surface area contributed by atoms with Gasteiger partial charge in [0.15, 0.2) is 0 Å². The molecule has 2 aliphatic rings. The van der Waals surface area contributed by atoms with Gasteiger partial charge in [-0.2, -0.15) is 13.2 Å². The fourth-order valence-corrected chi connectivity index (χ4v) is 4.21. The quantitative estimate of drug-likeness (QED) is 0.858. The fourth-order valence-electron chi connectivity index (χ4n) is 4.21. The number of nitrogens with zero attached hydrogens (tertiary/aromatic N) is 1. The highest BCUT2D eigenvalue weighted by Crippen LogP contribution is 2.38. The average molecular weight is 369 g/mol. The molecule has 2 aliphatic heterocycles. The van der Waals surface area contributed by atoms with Gasteiger partial charge in [-0.3, -0.25) is 4.79 Å². The summed E-state index contributed by atoms with van der Waals surface area (Å²) in [6.45, 7) is 2.70. The first-order valence-electron chi connectivity index (χ1n) is 9.26. The van der Waals surface area contributed by atoms with Crippen molar-refractivity contribution in [2.75, 3.05) is 33.2 Å². The molecule has 2 fully saturated rings. The zero-order chi connectivity index (χ0) is 18.7. The van der Waals surface area contributed by atoms with Crippen LogP contribution < -0.4 is 10.6 Å². The first-order chi connectivity index (χ1) is 12.4. The van der Waals surface area contributed by atoms with E-state index in [2.05, 4.69) is 10.6 Å². The lowest BCUT2D eigenvalue weighted by Gasteiger charge is -2.31. The molecule has 2 atom stereocenters. The van der Waals surface area contributed by atoms with Gasteiger partial charge in [0.05, 0.1) is 11.5 Å². The topological polar surface area (TPSA) is 44.4 Å². The van der Waals surface area contributed by atoms with Crippen molar-refractivity contribution in [1.82, 2.24) is 15.5 Å². The standard InChI is InChI=1S/C19H26F3N3O/c1-23-10-15-13(6-5-7-17(15)19(20,21)22)14-11-24-12-16(14)18(26)25-8-3-2-4-9-25/h5-7,14,16,23-24H,2-4,8-12H2,1H3/t14-,16?/m0/s1. The van der Waals surface area contributed by atoms with Crippen LogP contribution in [0.4, 0.5) is 13.2 Å². The van der Waals surface area contributed by atoms with Crippen molar-refractivity contribution < 1.29 is 18.0 Å². The number of hydrogen-bond donors (Lipinski definition) is 2. The first-order valence-corrected chi connectivity index (χ1v) is 9.26. The van der Waals surface area contributed by atoms with Crippen LogP contribution in [0.1, 0.15) is 41.9 Å². The molecule has 1 unspecified atom stereocenters. The predicted octanol–water partition coefficient (Wildman–Crippen LogP) is 2.74. The molecule has 0 saturated carbocycles. The van der Waals surface area contributed by atoms with E-state index in [1.165, 1.54) is 6.07 Å². The van der Waals surface area contributed by atoms with Crippen LogP contribution in [0.3, 0.4) is 0 Å². The molecule has 1 amide bonds. The monoisotopic (exact) mass is 369 g/mol. The zero-order valence-corrected chi connectivity index (χ0v) is 15.0. The molecule has 0 spiro atoms. The number of halogens is 3. The van der Waals surface area contributed by atoms with Gasteiger partial charge in [-0.25, -0.2) is 0 Å². The van der Waals surface area contributed by atoms with Gasteiger partial charge in [0.1, 0.15) is 0 Å². The van der Waals surface area contributed by atoms with Crippen LogP contribution in [0.15, 0.2) is 18.2 Å². The fraction of sp³-hybridized carbons (Fsp3) is 0.632. The Hall–Kier alpha value is -1.60. The third-order valence-corrected chi connectivity index (χ3v) is 5.47. The second kappa shape index (κ2) is 7.96. The summed E-state index contributed by atoms with van der Waals surface area (Å²) in [5.74, 6) is -0.449. The number of nitrogens with one attached hydrogen (secondary N) is 2. The molecule has 1 aromatic rings. The van der Waals surface area contributed by atoms with Gasteiger partial charge in [-0.1, -0.05) is 12.1 Å². The number of amides is 1. The SMILES string of the molecule is CNCc1c([C@@H]2CNCC2C(=O)N2CCCCC2)cccc1C(F)(F)F. The Labute approximate surface area is 152 Å². The summed E-state index contributed by atoms with van der Waals surface area (Å²) in [7, 11) is 1.64. The molecule has 1 aromatic carbocycles. The summed E-state index contributed by atoms with van der Waals surface area (Å²) >= 11 is 0. The maximum absolute atomic E-state index is 13.5. The van der Waals surface area contributed by atoms with Gasteiger partial charge >= 0.3 is 6.18 Å². The largest absolute Gasteiger partial charge is 0.416 e. The number of carbonyl (C=O) groups is 1. The van der Waals surface area contributed by atoms with Crippen molar-refractivity contribution in [1.29, 1.82) is 0 Å². The highest BCUT2D eigenvalue weighted by molar-refractivity contribution is 5.81. The summed E-state index contributed by atoms with van der Waals surface area (Å²) in [4.78, 5) is 14.9. The van der Waals surface area contributed by atoms with Gasteiger partial charge in [0.25, 0.3) is 0 Å². The van der Waals surface area contributed by atoms with Gasteiger partial charge in [0.2, 0.25) is 5.91 Å². The minimum absolute atomic E-state index is 0.0764. The minimum atomic E-state index is -4.40. The van der Waals surface area contributed by atoms with E-state index in [-0.39, 0.29) is 29.9 Å². The average Bonchev–Trinajstić information content (AvgIpc) is 3.11. The molecular weight excluding hydrogens is 343 g/mol. The first kappa shape index (κ1) is 19.2. The van der Waals surface area contributed by atoms with E-state index >= 15 is 0 Å². The van der Waals surface area contributed by atoms with E-state index in [1.807, 2.05) is 4.90 Å². The summed E-state index contributed by atoms with van der Waals surface area (Å²) in [6, 6.07) is 4.33. The normalized spacial score (nSPS) is 24.1. The summed E-state index contributed by atoms with van der Waals surface area (Å²) in [5.41, 5.74) is 0.280. The van der Waals surface area contributed by atoms with Gasteiger partial charge in [0, 0.05) is 38.6 Å².